The number of benzene rings is 2. The lowest BCUT2D eigenvalue weighted by Crippen LogP contribution is -2.59. The number of halogens is 2. The van der Waals surface area contributed by atoms with Gasteiger partial charge in [0.2, 0.25) is 41.4 Å². The van der Waals surface area contributed by atoms with E-state index in [1.54, 1.807) is 27.9 Å². The van der Waals surface area contributed by atoms with E-state index in [1.165, 1.54) is 21.4 Å². The van der Waals surface area contributed by atoms with Gasteiger partial charge in [-0.15, -0.1) is 24.8 Å². The third kappa shape index (κ3) is 15.2. The molecule has 17 nitrogen and oxygen atoms in total. The highest BCUT2D eigenvalue weighted by molar-refractivity contribution is 5.99. The number of ketones is 1. The Hall–Kier alpha value is -5.36. The van der Waals surface area contributed by atoms with Crippen molar-refractivity contribution in [2.45, 2.75) is 168 Å². The van der Waals surface area contributed by atoms with Crippen LogP contribution < -0.4 is 37.2 Å². The number of hydrogen-bond acceptors (Lipinski definition) is 10. The zero-order valence-corrected chi connectivity index (χ0v) is 46.4. The van der Waals surface area contributed by atoms with Gasteiger partial charge in [-0.2, -0.15) is 0 Å². The van der Waals surface area contributed by atoms with Gasteiger partial charge in [0.05, 0.1) is 24.2 Å². The molecule has 7 amide bonds. The van der Waals surface area contributed by atoms with Crippen molar-refractivity contribution >= 4 is 71.9 Å². The lowest BCUT2D eigenvalue weighted by molar-refractivity contribution is -0.144. The fourth-order valence-corrected chi connectivity index (χ4v) is 10.5. The SMILES string of the molecule is CN[C@@H](C)C(=O)N[C@H](C(=O)N1C[C@@H](CC(=O)/C=C/C(=O)N[C@H]2C[C@@H](C(=O)N[C@@H]3CCCc4ccccc43)N(C(=O)[C@@H](NC(=O)[C@H](C)NC)C(C)(C)C)C2)C[C@H]1C(=O)N[C@@H]1CCCc2ccccc21)C(C)(C)C.Cl.Cl. The summed E-state index contributed by atoms with van der Waals surface area (Å²) in [6.45, 7) is 14.5. The largest absolute Gasteiger partial charge is 0.348 e. The number of nitrogens with one attached hydrogen (secondary N) is 7. The molecule has 0 spiro atoms. The van der Waals surface area contributed by atoms with Gasteiger partial charge < -0.3 is 47.0 Å². The van der Waals surface area contributed by atoms with Gasteiger partial charge in [-0.05, 0) is 124 Å². The van der Waals surface area contributed by atoms with Crippen LogP contribution in [-0.4, -0.2) is 126 Å². The summed E-state index contributed by atoms with van der Waals surface area (Å²) in [7, 11) is 3.30. The predicted octanol–water partition coefficient (Wildman–Crippen LogP) is 4.31. The van der Waals surface area contributed by atoms with Crippen LogP contribution in [0, 0.1) is 16.7 Å². The summed E-state index contributed by atoms with van der Waals surface area (Å²) in [6, 6.07) is 9.83. The Kier molecular flexibility index (Phi) is 21.8. The normalized spacial score (nSPS) is 23.1. The smallest absolute Gasteiger partial charge is 0.246 e. The Morgan fingerprint density at radius 3 is 1.49 bits per heavy atom. The van der Waals surface area contributed by atoms with Crippen LogP contribution in [0.1, 0.15) is 135 Å². The maximum absolute atomic E-state index is 14.6. The Balaban J connectivity index is 0.00000593. The molecule has 2 aromatic carbocycles. The number of rotatable bonds is 17. The Labute approximate surface area is 449 Å². The van der Waals surface area contributed by atoms with E-state index in [-0.39, 0.29) is 98.7 Å². The number of nitrogens with zero attached hydrogens (tertiary/aromatic N) is 2. The summed E-state index contributed by atoms with van der Waals surface area (Å²) in [5.74, 6) is -3.72. The molecule has 74 heavy (non-hydrogen) atoms. The summed E-state index contributed by atoms with van der Waals surface area (Å²) in [6.07, 6.45) is 7.62. The quantitative estimate of drug-likeness (QED) is 0.111. The van der Waals surface area contributed by atoms with Crippen LogP contribution in [0.2, 0.25) is 0 Å². The number of carbonyl (C=O) groups excluding carboxylic acids is 8. The zero-order chi connectivity index (χ0) is 52.7. The highest BCUT2D eigenvalue weighted by Gasteiger charge is 2.48. The van der Waals surface area contributed by atoms with Crippen LogP contribution in [0.4, 0.5) is 0 Å². The number of aryl methyl sites for hydroxylation is 2. The molecule has 2 aliphatic heterocycles. The van der Waals surface area contributed by atoms with Crippen LogP contribution in [0.15, 0.2) is 60.7 Å². The van der Waals surface area contributed by atoms with Crippen molar-refractivity contribution in [3.05, 3.63) is 82.9 Å². The summed E-state index contributed by atoms with van der Waals surface area (Å²) < 4.78 is 0. The van der Waals surface area contributed by atoms with Gasteiger partial charge >= 0.3 is 0 Å². The van der Waals surface area contributed by atoms with E-state index >= 15 is 0 Å². The van der Waals surface area contributed by atoms with Gasteiger partial charge in [0.1, 0.15) is 24.2 Å². The Morgan fingerprint density at radius 2 is 1.04 bits per heavy atom. The van der Waals surface area contributed by atoms with Gasteiger partial charge in [0, 0.05) is 31.6 Å². The molecule has 2 aromatic rings. The summed E-state index contributed by atoms with van der Waals surface area (Å²) in [5.41, 5.74) is 2.95. The summed E-state index contributed by atoms with van der Waals surface area (Å²) in [4.78, 5) is 114. The van der Waals surface area contributed by atoms with Crippen LogP contribution in [0.25, 0.3) is 0 Å². The average molecular weight is 1070 g/mol. The van der Waals surface area contributed by atoms with Gasteiger partial charge in [0.15, 0.2) is 5.78 Å². The fraction of sp³-hybridized carbons (Fsp3) is 0.600. The minimum Gasteiger partial charge on any atom is -0.348 e. The predicted molar refractivity (Wildman–Crippen MR) is 289 cm³/mol. The number of hydrogen-bond donors (Lipinski definition) is 7. The maximum Gasteiger partial charge on any atom is 0.246 e. The lowest BCUT2D eigenvalue weighted by atomic mass is 9.85. The van der Waals surface area contributed by atoms with E-state index < -0.39 is 76.8 Å². The van der Waals surface area contributed by atoms with Gasteiger partial charge in [-0.3, -0.25) is 38.4 Å². The number of amides is 7. The molecule has 10 atom stereocenters. The highest BCUT2D eigenvalue weighted by atomic mass is 35.5. The third-order valence-corrected chi connectivity index (χ3v) is 14.9. The molecule has 19 heteroatoms. The standard InChI is InChI=1S/C55H79N9O8.2ClH/c1-32(56-9)48(67)61-46(54(3,4)5)52(71)63-30-34(28-43(63)50(69)59-41-23-15-19-35-17-11-13-21-39(35)41)27-38(65)25-26-45(66)58-37-29-44(51(70)60-42-24-16-20-36-18-12-14-22-40(36)42)64(31-37)53(72)47(55(6,7)8)62-49(68)33(2)57-10;;/h11-14,17-18,21-22,25-26,32-34,37,41-44,46-47,56-57H,15-16,19-20,23-24,27-31H2,1-10H3,(H,58,66)(H,59,69)(H,60,70)(H,61,67)(H,62,68);2*1H/b26-25+;;/t32-,33-,34-,37-,41+,42+,43-,44-,46+,47+;;/m0../s1. The van der Waals surface area contributed by atoms with Crippen molar-refractivity contribution < 1.29 is 38.4 Å². The highest BCUT2D eigenvalue weighted by Crippen LogP contribution is 2.35. The van der Waals surface area contributed by atoms with Crippen molar-refractivity contribution in [3.63, 3.8) is 0 Å². The fourth-order valence-electron chi connectivity index (χ4n) is 10.5. The number of fused-ring (bicyclic) bond motifs is 2. The van der Waals surface area contributed by atoms with Crippen molar-refractivity contribution in [3.8, 4) is 0 Å². The van der Waals surface area contributed by atoms with Crippen LogP contribution in [0.5, 0.6) is 0 Å². The second kappa shape index (κ2) is 26.4. The minimum absolute atomic E-state index is 0. The first kappa shape index (κ1) is 61.2. The van der Waals surface area contributed by atoms with Crippen molar-refractivity contribution in [2.24, 2.45) is 16.7 Å². The van der Waals surface area contributed by atoms with Crippen LogP contribution in [-0.2, 0) is 51.2 Å². The molecular formula is C55H81Cl2N9O8. The van der Waals surface area contributed by atoms with E-state index in [1.807, 2.05) is 77.9 Å². The molecule has 7 N–H and O–H groups in total. The Bertz CT molecular complexity index is 2230. The van der Waals surface area contributed by atoms with Crippen molar-refractivity contribution in [2.75, 3.05) is 27.2 Å². The van der Waals surface area contributed by atoms with Crippen LogP contribution in [0.3, 0.4) is 0 Å². The number of likely N-dealkylation sites (N-methyl/N-ethyl adjacent to an activating group) is 2. The second-order valence-corrected chi connectivity index (χ2v) is 22.5. The van der Waals surface area contributed by atoms with Gasteiger partial charge in [-0.1, -0.05) is 90.1 Å². The number of carbonyl (C=O) groups is 8. The molecule has 0 radical (unpaired) electrons. The molecule has 4 aliphatic rings. The topological polar surface area (TPSA) is 227 Å². The number of likely N-dealkylation sites (tertiary alicyclic amines) is 2. The average Bonchev–Trinajstić information content (AvgIpc) is 3.97. The molecule has 2 heterocycles. The van der Waals surface area contributed by atoms with E-state index in [9.17, 15) is 38.4 Å². The van der Waals surface area contributed by atoms with Crippen LogP contribution >= 0.6 is 24.8 Å². The van der Waals surface area contributed by atoms with E-state index in [0.717, 1.165) is 61.3 Å². The monoisotopic (exact) mass is 1070 g/mol. The molecule has 6 rings (SSSR count). The van der Waals surface area contributed by atoms with Gasteiger partial charge in [0.25, 0.3) is 0 Å². The minimum atomic E-state index is -0.991. The third-order valence-electron chi connectivity index (χ3n) is 14.9. The number of allylic oxidation sites excluding steroid dienone is 1. The molecule has 0 aromatic heterocycles. The van der Waals surface area contributed by atoms with Crippen molar-refractivity contribution in [1.29, 1.82) is 0 Å². The van der Waals surface area contributed by atoms with E-state index in [0.29, 0.717) is 0 Å². The summed E-state index contributed by atoms with van der Waals surface area (Å²) in [5, 5.41) is 20.9. The molecule has 0 saturated carbocycles. The van der Waals surface area contributed by atoms with Crippen molar-refractivity contribution in [1.82, 2.24) is 47.0 Å². The maximum atomic E-state index is 14.6. The molecule has 2 aliphatic carbocycles. The second-order valence-electron chi connectivity index (χ2n) is 22.5. The van der Waals surface area contributed by atoms with Gasteiger partial charge in [-0.25, -0.2) is 0 Å². The molecule has 0 unspecified atom stereocenters. The Morgan fingerprint density at radius 1 is 0.608 bits per heavy atom. The first-order chi connectivity index (χ1) is 34.0. The first-order valence-electron chi connectivity index (χ1n) is 25.8. The first-order valence-corrected chi connectivity index (χ1v) is 25.8. The lowest BCUT2D eigenvalue weighted by Gasteiger charge is -2.36. The summed E-state index contributed by atoms with van der Waals surface area (Å²) >= 11 is 0. The molecule has 2 saturated heterocycles. The molecular weight excluding hydrogens is 986 g/mol. The van der Waals surface area contributed by atoms with E-state index in [2.05, 4.69) is 49.4 Å². The molecule has 408 valence electrons. The zero-order valence-electron chi connectivity index (χ0n) is 44.8. The molecule has 0 bridgehead atoms. The molecule has 2 fully saturated rings. The van der Waals surface area contributed by atoms with E-state index in [4.69, 9.17) is 0 Å².